The molecule has 0 atom stereocenters. The van der Waals surface area contributed by atoms with E-state index in [-0.39, 0.29) is 5.78 Å². The van der Waals surface area contributed by atoms with Gasteiger partial charge in [-0.15, -0.1) is 0 Å². The van der Waals surface area contributed by atoms with Crippen LogP contribution in [0.1, 0.15) is 89.7 Å². The fourth-order valence-corrected chi connectivity index (χ4v) is 7.87. The molecule has 0 fully saturated rings. The second-order valence-electron chi connectivity index (χ2n) is 13.1. The minimum atomic E-state index is -2.12. The first-order chi connectivity index (χ1) is 20.9. The number of carbonyl (C=O) groups is 1. The van der Waals surface area contributed by atoms with Crippen LogP contribution >= 0.6 is 0 Å². The van der Waals surface area contributed by atoms with Crippen LogP contribution in [0.5, 0.6) is 0 Å². The summed E-state index contributed by atoms with van der Waals surface area (Å²) >= 11 is 0. The van der Waals surface area contributed by atoms with Crippen LogP contribution in [0.25, 0.3) is 0 Å². The van der Waals surface area contributed by atoms with Crippen molar-refractivity contribution in [2.45, 2.75) is 96.0 Å². The molecule has 3 nitrogen and oxygen atoms in total. The van der Waals surface area contributed by atoms with Crippen LogP contribution in [0, 0.1) is 0 Å². The highest BCUT2D eigenvalue weighted by atomic mass is 28.4. The van der Waals surface area contributed by atoms with Gasteiger partial charge in [0.1, 0.15) is 5.60 Å². The molecule has 2 heterocycles. The Kier molecular flexibility index (Phi) is 10.4. The maximum absolute atomic E-state index is 13.8. The molecule has 3 aromatic carbocycles. The van der Waals surface area contributed by atoms with Gasteiger partial charge in [0.05, 0.1) is 5.56 Å². The molecule has 1 aliphatic carbocycles. The molecular formula is C39H48NO2Si+. The molecule has 6 rings (SSSR count). The van der Waals surface area contributed by atoms with Gasteiger partial charge in [-0.05, 0) is 56.1 Å². The van der Waals surface area contributed by atoms with Gasteiger partial charge < -0.3 is 4.43 Å². The van der Waals surface area contributed by atoms with Gasteiger partial charge >= 0.3 is 0 Å². The van der Waals surface area contributed by atoms with Crippen molar-refractivity contribution < 1.29 is 13.8 Å². The van der Waals surface area contributed by atoms with Gasteiger partial charge in [-0.25, -0.2) is 0 Å². The van der Waals surface area contributed by atoms with Crippen molar-refractivity contribution in [2.75, 3.05) is 0 Å². The van der Waals surface area contributed by atoms with Gasteiger partial charge in [0, 0.05) is 17.5 Å². The van der Waals surface area contributed by atoms with Crippen LogP contribution in [-0.2, 0) is 29.4 Å². The molecule has 4 heteroatoms. The normalized spacial score (nSPS) is 15.1. The fraction of sp³-hybridized carbons (Fsp3) is 0.385. The number of pyridine rings is 1. The Morgan fingerprint density at radius 3 is 1.72 bits per heavy atom. The lowest BCUT2D eigenvalue weighted by Crippen LogP contribution is -2.49. The number of carbonyl (C=O) groups excluding carboxylic acids is 1. The van der Waals surface area contributed by atoms with Gasteiger partial charge in [0.2, 0.25) is 12.3 Å². The molecule has 0 spiro atoms. The summed E-state index contributed by atoms with van der Waals surface area (Å²) in [5.41, 5.74) is 5.96. The first-order valence-corrected chi connectivity index (χ1v) is 19.7. The van der Waals surface area contributed by atoms with Crippen LogP contribution in [0.15, 0.2) is 103 Å². The lowest BCUT2D eigenvalue weighted by atomic mass is 9.78. The zero-order valence-corrected chi connectivity index (χ0v) is 27.4. The third-order valence-corrected chi connectivity index (χ3v) is 9.47. The highest BCUT2D eigenvalue weighted by molar-refractivity contribution is 6.69. The second kappa shape index (κ2) is 14.4. The van der Waals surface area contributed by atoms with E-state index in [2.05, 4.69) is 97.1 Å². The number of rotatable bonds is 8. The summed E-state index contributed by atoms with van der Waals surface area (Å²) in [5.74, 6) is 0.146. The predicted octanol–water partition coefficient (Wildman–Crippen LogP) is 9.22. The van der Waals surface area contributed by atoms with E-state index >= 15 is 0 Å². The van der Waals surface area contributed by atoms with Crippen LogP contribution in [0.2, 0.25) is 19.6 Å². The Bertz CT molecular complexity index is 1420. The molecule has 1 aliphatic heterocycles. The zero-order valence-electron chi connectivity index (χ0n) is 26.4. The zero-order chi connectivity index (χ0) is 30.1. The average molecular weight is 591 g/mol. The number of Topliss-reactive ketones (excluding diaryl/α,β-unsaturated/α-hetero) is 1. The number of nitrogens with zero attached hydrogens (tertiary/aromatic N) is 1. The maximum atomic E-state index is 13.8. The number of hydrogen-bond donors (Lipinski definition) is 0. The van der Waals surface area contributed by atoms with Crippen molar-refractivity contribution in [1.29, 1.82) is 0 Å². The Morgan fingerprint density at radius 2 is 1.19 bits per heavy atom. The third-order valence-electron chi connectivity index (χ3n) is 8.55. The molecule has 2 aliphatic rings. The van der Waals surface area contributed by atoms with Gasteiger partial charge in [-0.3, -0.25) is 4.79 Å². The second-order valence-corrected chi connectivity index (χ2v) is 17.5. The van der Waals surface area contributed by atoms with Crippen LogP contribution < -0.4 is 4.57 Å². The minimum absolute atomic E-state index is 0.146. The van der Waals surface area contributed by atoms with Crippen molar-refractivity contribution in [3.05, 3.63) is 137 Å². The predicted molar refractivity (Wildman–Crippen MR) is 179 cm³/mol. The molecule has 0 saturated heterocycles. The Labute approximate surface area is 260 Å². The number of ketones is 1. The van der Waals surface area contributed by atoms with Crippen molar-refractivity contribution in [3.63, 3.8) is 0 Å². The van der Waals surface area contributed by atoms with E-state index in [4.69, 9.17) is 4.43 Å². The highest BCUT2D eigenvalue weighted by Crippen LogP contribution is 2.44. The molecule has 43 heavy (non-hydrogen) atoms. The number of benzene rings is 3. The Hall–Kier alpha value is -3.34. The third kappa shape index (κ3) is 7.79. The highest BCUT2D eigenvalue weighted by Gasteiger charge is 2.45. The minimum Gasteiger partial charge on any atom is -0.400 e. The number of hydrogen-bond acceptors (Lipinski definition) is 2. The van der Waals surface area contributed by atoms with E-state index in [0.717, 1.165) is 42.4 Å². The topological polar surface area (TPSA) is 30.2 Å². The first-order valence-electron chi connectivity index (χ1n) is 16.3. The quantitative estimate of drug-likeness (QED) is 0.116. The van der Waals surface area contributed by atoms with Crippen molar-refractivity contribution in [3.8, 4) is 0 Å². The van der Waals surface area contributed by atoms with Crippen molar-refractivity contribution in [1.82, 2.24) is 0 Å². The maximum Gasteiger partial charge on any atom is 0.227 e. The molecule has 224 valence electrons. The van der Waals surface area contributed by atoms with E-state index in [0.29, 0.717) is 6.54 Å². The van der Waals surface area contributed by atoms with Crippen molar-refractivity contribution >= 4 is 14.1 Å². The summed E-state index contributed by atoms with van der Waals surface area (Å²) in [4.78, 5) is 13.8. The van der Waals surface area contributed by atoms with Gasteiger partial charge in [-0.1, -0.05) is 130 Å². The summed E-state index contributed by atoms with van der Waals surface area (Å²) in [5, 5.41) is 0. The Balaban J connectivity index is 1.79. The van der Waals surface area contributed by atoms with Crippen LogP contribution in [0.3, 0.4) is 0 Å². The fourth-order valence-electron chi connectivity index (χ4n) is 6.61. The van der Waals surface area contributed by atoms with E-state index in [1.54, 1.807) is 0 Å². The van der Waals surface area contributed by atoms with E-state index < -0.39 is 13.9 Å². The SMILES string of the molecule is C[Si](C)(C)OC(c1ccccc1)(c1ccccc1)c1cc2c[n+](CC(=O)c3ccccc3)c1CCCCCCCCCC2. The van der Waals surface area contributed by atoms with Gasteiger partial charge in [0.25, 0.3) is 0 Å². The summed E-state index contributed by atoms with van der Waals surface area (Å²) < 4.78 is 9.80. The number of aromatic nitrogens is 1. The summed E-state index contributed by atoms with van der Waals surface area (Å²) in [7, 11) is -2.12. The molecule has 0 radical (unpaired) electrons. The monoisotopic (exact) mass is 590 g/mol. The van der Waals surface area contributed by atoms with Crippen molar-refractivity contribution in [2.24, 2.45) is 0 Å². The van der Waals surface area contributed by atoms with Gasteiger partial charge in [0.15, 0.2) is 20.2 Å². The molecular weight excluding hydrogens is 543 g/mol. The molecule has 1 aromatic heterocycles. The largest absolute Gasteiger partial charge is 0.400 e. The first kappa shape index (κ1) is 31.1. The van der Waals surface area contributed by atoms with E-state index in [1.807, 2.05) is 30.3 Å². The molecule has 4 aromatic rings. The molecule has 0 unspecified atom stereocenters. The average Bonchev–Trinajstić information content (AvgIpc) is 3.02. The smallest absolute Gasteiger partial charge is 0.227 e. The van der Waals surface area contributed by atoms with Gasteiger partial charge in [-0.2, -0.15) is 4.57 Å². The summed E-state index contributed by atoms with van der Waals surface area (Å²) in [6.07, 6.45) is 14.1. The van der Waals surface area contributed by atoms with Crippen LogP contribution in [0.4, 0.5) is 0 Å². The lowest BCUT2D eigenvalue weighted by Gasteiger charge is -2.41. The summed E-state index contributed by atoms with van der Waals surface area (Å²) in [6.45, 7) is 7.19. The Morgan fingerprint density at radius 1 is 0.698 bits per heavy atom. The summed E-state index contributed by atoms with van der Waals surface area (Å²) in [6, 6.07) is 33.8. The number of fused-ring (bicyclic) bond motifs is 11. The van der Waals surface area contributed by atoms with E-state index in [1.165, 1.54) is 55.3 Å². The molecule has 0 N–H and O–H groups in total. The lowest BCUT2D eigenvalue weighted by molar-refractivity contribution is -0.691. The van der Waals surface area contributed by atoms with E-state index in [9.17, 15) is 4.79 Å². The molecule has 0 amide bonds. The number of aryl methyl sites for hydroxylation is 1. The molecule has 0 saturated carbocycles. The van der Waals surface area contributed by atoms with Crippen LogP contribution in [-0.4, -0.2) is 14.1 Å². The molecule has 2 bridgehead atoms. The standard InChI is InChI=1S/C39H48NO2Si/c1-43(2,3)42-39(34-24-16-11-17-25-34,35-26-18-12-19-27-35)36-29-32-21-13-8-6-4-5-7-9-20-28-37(36)40(30-32)31-38(41)33-22-14-10-15-23-33/h10-12,14-19,22-27,29-30H,4-9,13,20-21,28,31H2,1-3H3/q+1.